The van der Waals surface area contributed by atoms with E-state index < -0.39 is 10.0 Å². The van der Waals surface area contributed by atoms with E-state index in [-0.39, 0.29) is 22.4 Å². The molecule has 8 nitrogen and oxygen atoms in total. The molecule has 2 fully saturated rings. The lowest BCUT2D eigenvalue weighted by atomic mass is 10.2. The van der Waals surface area contributed by atoms with Gasteiger partial charge in [0.25, 0.3) is 0 Å². The van der Waals surface area contributed by atoms with Crippen LogP contribution in [-0.2, 0) is 26.1 Å². The normalized spacial score (nSPS) is 18.4. The molecule has 0 saturated carbocycles. The van der Waals surface area contributed by atoms with Crippen LogP contribution >= 0.6 is 11.8 Å². The second-order valence-electron chi connectivity index (χ2n) is 7.89. The Balaban J connectivity index is 1.24. The van der Waals surface area contributed by atoms with Crippen LogP contribution in [-0.4, -0.2) is 91.6 Å². The highest BCUT2D eigenvalue weighted by molar-refractivity contribution is 7.99. The number of carbonyl (C=O) groups is 1. The van der Waals surface area contributed by atoms with Gasteiger partial charge >= 0.3 is 0 Å². The number of pyridine rings is 1. The number of benzene rings is 1. The van der Waals surface area contributed by atoms with Crippen molar-refractivity contribution >= 4 is 27.7 Å². The summed E-state index contributed by atoms with van der Waals surface area (Å²) in [5, 5.41) is 0.600. The highest BCUT2D eigenvalue weighted by atomic mass is 32.2. The Morgan fingerprint density at radius 2 is 1.76 bits per heavy atom. The van der Waals surface area contributed by atoms with Crippen molar-refractivity contribution in [1.82, 2.24) is 19.1 Å². The van der Waals surface area contributed by atoms with E-state index in [2.05, 4.69) is 9.88 Å². The number of halogens is 1. The average molecular weight is 495 g/mol. The Morgan fingerprint density at radius 1 is 1.03 bits per heavy atom. The van der Waals surface area contributed by atoms with Crippen molar-refractivity contribution in [3.63, 3.8) is 0 Å². The molecule has 2 saturated heterocycles. The molecule has 33 heavy (non-hydrogen) atoms. The number of ether oxygens (including phenoxy) is 1. The van der Waals surface area contributed by atoms with Crippen molar-refractivity contribution < 1.29 is 22.3 Å². The van der Waals surface area contributed by atoms with E-state index in [0.717, 1.165) is 0 Å². The van der Waals surface area contributed by atoms with Gasteiger partial charge in [0.1, 0.15) is 10.7 Å². The van der Waals surface area contributed by atoms with Crippen molar-refractivity contribution in [2.45, 2.75) is 16.5 Å². The summed E-state index contributed by atoms with van der Waals surface area (Å²) in [4.78, 5) is 20.9. The first-order valence-corrected chi connectivity index (χ1v) is 13.3. The average Bonchev–Trinajstić information content (AvgIpc) is 2.85. The number of hydrogen-bond donors (Lipinski definition) is 0. The molecular formula is C22H27FN4O4S2. The highest BCUT2D eigenvalue weighted by Gasteiger charge is 2.27. The third kappa shape index (κ3) is 6.10. The first-order valence-electron chi connectivity index (χ1n) is 10.8. The molecule has 0 spiro atoms. The largest absolute Gasteiger partial charge is 0.379 e. The molecule has 0 aliphatic carbocycles. The molecule has 178 valence electrons. The summed E-state index contributed by atoms with van der Waals surface area (Å²) in [6.07, 6.45) is 1.35. The van der Waals surface area contributed by atoms with Gasteiger partial charge in [-0.25, -0.2) is 17.8 Å². The Morgan fingerprint density at radius 3 is 2.42 bits per heavy atom. The molecule has 0 bridgehead atoms. The maximum atomic E-state index is 13.9. The van der Waals surface area contributed by atoms with E-state index >= 15 is 0 Å². The topological polar surface area (TPSA) is 83.0 Å². The van der Waals surface area contributed by atoms with E-state index in [1.54, 1.807) is 18.2 Å². The van der Waals surface area contributed by atoms with Crippen LogP contribution in [0.1, 0.15) is 5.56 Å². The smallest absolute Gasteiger partial charge is 0.244 e. The lowest BCUT2D eigenvalue weighted by molar-refractivity contribution is -0.130. The minimum absolute atomic E-state index is 0.0114. The van der Waals surface area contributed by atoms with Gasteiger partial charge in [0, 0.05) is 57.6 Å². The van der Waals surface area contributed by atoms with Gasteiger partial charge in [0.15, 0.2) is 0 Å². The number of thioether (sulfide) groups is 1. The first kappa shape index (κ1) is 24.1. The van der Waals surface area contributed by atoms with Gasteiger partial charge in [-0.15, -0.1) is 0 Å². The maximum Gasteiger partial charge on any atom is 0.244 e. The van der Waals surface area contributed by atoms with E-state index in [9.17, 15) is 17.6 Å². The molecule has 1 amide bonds. The molecule has 2 aromatic rings. The third-order valence-electron chi connectivity index (χ3n) is 5.74. The molecule has 4 rings (SSSR count). The molecule has 2 aliphatic heterocycles. The Labute approximate surface area is 197 Å². The molecule has 0 N–H and O–H groups in total. The summed E-state index contributed by atoms with van der Waals surface area (Å²) in [6.45, 7) is 4.55. The maximum absolute atomic E-state index is 13.9. The standard InChI is InChI=1S/C22H27FN4O4S2/c23-20-4-2-1-3-18(20)16-25-7-9-26(10-8-25)22(28)17-32-21-6-5-19(15-24-21)33(29,30)27-11-13-31-14-12-27/h1-6,15H,7-14,16-17H2. The van der Waals surface area contributed by atoms with Gasteiger partial charge in [-0.1, -0.05) is 30.0 Å². The van der Waals surface area contributed by atoms with Crippen LogP contribution in [0.4, 0.5) is 4.39 Å². The zero-order chi connectivity index (χ0) is 23.3. The number of rotatable bonds is 7. The van der Waals surface area contributed by atoms with Gasteiger partial charge < -0.3 is 9.64 Å². The summed E-state index contributed by atoms with van der Waals surface area (Å²) < 4.78 is 45.8. The molecule has 3 heterocycles. The number of sulfonamides is 1. The van der Waals surface area contributed by atoms with E-state index in [1.165, 1.54) is 34.4 Å². The predicted molar refractivity (Wildman–Crippen MR) is 123 cm³/mol. The summed E-state index contributed by atoms with van der Waals surface area (Å²) in [5.41, 5.74) is 0.665. The van der Waals surface area contributed by atoms with Crippen molar-refractivity contribution in [2.24, 2.45) is 0 Å². The van der Waals surface area contributed by atoms with Gasteiger partial charge in [-0.3, -0.25) is 9.69 Å². The fourth-order valence-corrected chi connectivity index (χ4v) is 5.89. The Kier molecular flexibility index (Phi) is 7.97. The van der Waals surface area contributed by atoms with Crippen molar-refractivity contribution in [2.75, 3.05) is 58.2 Å². The molecule has 2 aliphatic rings. The van der Waals surface area contributed by atoms with Crippen molar-refractivity contribution in [1.29, 1.82) is 0 Å². The van der Waals surface area contributed by atoms with Crippen LogP contribution in [0.25, 0.3) is 0 Å². The summed E-state index contributed by atoms with van der Waals surface area (Å²) >= 11 is 1.29. The number of amides is 1. The number of nitrogens with zero attached hydrogens (tertiary/aromatic N) is 4. The molecule has 1 aromatic carbocycles. The zero-order valence-electron chi connectivity index (χ0n) is 18.2. The molecule has 11 heteroatoms. The van der Waals surface area contributed by atoms with Crippen molar-refractivity contribution in [3.8, 4) is 0 Å². The minimum Gasteiger partial charge on any atom is -0.379 e. The number of aromatic nitrogens is 1. The molecule has 1 aromatic heterocycles. The van der Waals surface area contributed by atoms with Gasteiger partial charge in [-0.2, -0.15) is 4.31 Å². The lowest BCUT2D eigenvalue weighted by Gasteiger charge is -2.34. The minimum atomic E-state index is -3.58. The summed E-state index contributed by atoms with van der Waals surface area (Å²) in [5.74, 6) is 0.0385. The van der Waals surface area contributed by atoms with Crippen LogP contribution in [0.5, 0.6) is 0 Å². The second kappa shape index (κ2) is 10.9. The number of morpholine rings is 1. The summed E-state index contributed by atoms with van der Waals surface area (Å²) in [6, 6.07) is 9.93. The number of carbonyl (C=O) groups excluding carboxylic acids is 1. The molecule has 0 unspecified atom stereocenters. The quantitative estimate of drug-likeness (QED) is 0.542. The van der Waals surface area contributed by atoms with Crippen molar-refractivity contribution in [3.05, 3.63) is 54.0 Å². The molecular weight excluding hydrogens is 467 g/mol. The number of piperazine rings is 1. The first-order chi connectivity index (χ1) is 15.9. The molecule has 0 radical (unpaired) electrons. The van der Waals surface area contributed by atoms with Crippen LogP contribution < -0.4 is 0 Å². The predicted octanol–water partition coefficient (Wildman–Crippen LogP) is 1.68. The van der Waals surface area contributed by atoms with E-state index in [4.69, 9.17) is 4.74 Å². The highest BCUT2D eigenvalue weighted by Crippen LogP contribution is 2.21. The van der Waals surface area contributed by atoms with Crippen LogP contribution in [0.15, 0.2) is 52.5 Å². The van der Waals surface area contributed by atoms with Crippen LogP contribution in [0.3, 0.4) is 0 Å². The lowest BCUT2D eigenvalue weighted by Crippen LogP contribution is -2.48. The van der Waals surface area contributed by atoms with E-state index in [1.807, 2.05) is 11.0 Å². The van der Waals surface area contributed by atoms with Gasteiger partial charge in [0.2, 0.25) is 15.9 Å². The van der Waals surface area contributed by atoms with Gasteiger partial charge in [0.05, 0.1) is 24.0 Å². The summed E-state index contributed by atoms with van der Waals surface area (Å²) in [7, 11) is -3.58. The molecule has 0 atom stereocenters. The fourth-order valence-electron chi connectivity index (χ4n) is 3.79. The Bertz CT molecular complexity index is 1050. The number of hydrogen-bond acceptors (Lipinski definition) is 7. The van der Waals surface area contributed by atoms with Crippen LogP contribution in [0.2, 0.25) is 0 Å². The Hall–Kier alpha value is -2.05. The van der Waals surface area contributed by atoms with Gasteiger partial charge in [-0.05, 0) is 18.2 Å². The zero-order valence-corrected chi connectivity index (χ0v) is 19.9. The third-order valence-corrected chi connectivity index (χ3v) is 8.55. The SMILES string of the molecule is O=C(CSc1ccc(S(=O)(=O)N2CCOCC2)cn1)N1CCN(Cc2ccccc2F)CC1. The van der Waals surface area contributed by atoms with Crippen LogP contribution in [0, 0.1) is 5.82 Å². The fraction of sp³-hybridized carbons (Fsp3) is 0.455. The second-order valence-corrected chi connectivity index (χ2v) is 10.8. The monoisotopic (exact) mass is 494 g/mol. The van der Waals surface area contributed by atoms with E-state index in [0.29, 0.717) is 69.6 Å².